The summed E-state index contributed by atoms with van der Waals surface area (Å²) in [5.74, 6) is 0.285. The van der Waals surface area contributed by atoms with Gasteiger partial charge in [-0.05, 0) is 35.2 Å². The predicted octanol–water partition coefficient (Wildman–Crippen LogP) is 4.83. The molecule has 6 nitrogen and oxygen atoms in total. The van der Waals surface area contributed by atoms with Crippen molar-refractivity contribution in [3.05, 3.63) is 83.7 Å². The molecule has 1 amide bonds. The number of aromatic nitrogens is 4. The number of amides is 1. The van der Waals surface area contributed by atoms with E-state index >= 15 is 0 Å². The van der Waals surface area contributed by atoms with Crippen LogP contribution >= 0.6 is 11.3 Å². The van der Waals surface area contributed by atoms with Gasteiger partial charge in [0, 0.05) is 23.5 Å². The number of benzene rings is 2. The molecule has 4 aromatic rings. The Kier molecular flexibility index (Phi) is 5.48. The van der Waals surface area contributed by atoms with E-state index in [1.165, 1.54) is 16.9 Å². The van der Waals surface area contributed by atoms with E-state index in [2.05, 4.69) is 46.6 Å². The lowest BCUT2D eigenvalue weighted by Crippen LogP contribution is -2.11. The topological polar surface area (TPSA) is 72.7 Å². The fraction of sp³-hybridized carbons (Fsp3) is 0.182. The average Bonchev–Trinajstić information content (AvgIpc) is 3.41. The zero-order valence-corrected chi connectivity index (χ0v) is 17.1. The molecule has 0 unspecified atom stereocenters. The standard InChI is InChI=1S/C22H21N5OS/c1-15(2)17-8-10-19(11-9-17)21-25-26-22(29-21)24-20(28)18-6-4-16(5-7-18)14-27-13-3-12-23-27/h3-13,15H,14H2,1-2H3,(H,24,26,28). The molecule has 0 spiro atoms. The maximum atomic E-state index is 12.5. The highest BCUT2D eigenvalue weighted by atomic mass is 32.1. The quantitative estimate of drug-likeness (QED) is 0.501. The van der Waals surface area contributed by atoms with Crippen LogP contribution in [0.2, 0.25) is 0 Å². The van der Waals surface area contributed by atoms with E-state index < -0.39 is 0 Å². The molecule has 29 heavy (non-hydrogen) atoms. The minimum Gasteiger partial charge on any atom is -0.296 e. The molecule has 0 atom stereocenters. The summed E-state index contributed by atoms with van der Waals surface area (Å²) in [5.41, 5.74) is 3.93. The molecule has 2 aromatic heterocycles. The zero-order chi connectivity index (χ0) is 20.2. The first kappa shape index (κ1) is 19.0. The number of hydrogen-bond acceptors (Lipinski definition) is 5. The molecule has 0 fully saturated rings. The lowest BCUT2D eigenvalue weighted by Gasteiger charge is -2.05. The van der Waals surface area contributed by atoms with Crippen molar-refractivity contribution in [3.63, 3.8) is 0 Å². The zero-order valence-electron chi connectivity index (χ0n) is 16.2. The van der Waals surface area contributed by atoms with Crippen molar-refractivity contribution in [3.8, 4) is 10.6 Å². The summed E-state index contributed by atoms with van der Waals surface area (Å²) in [5, 5.41) is 16.6. The molecule has 0 aliphatic carbocycles. The molecule has 7 heteroatoms. The van der Waals surface area contributed by atoms with Crippen LogP contribution in [-0.4, -0.2) is 25.9 Å². The Morgan fingerprint density at radius 1 is 1.07 bits per heavy atom. The first-order chi connectivity index (χ1) is 14.1. The summed E-state index contributed by atoms with van der Waals surface area (Å²) in [6.07, 6.45) is 3.65. The Bertz CT molecular complexity index is 1080. The number of hydrogen-bond donors (Lipinski definition) is 1. The SMILES string of the molecule is CC(C)c1ccc(-c2nnc(NC(=O)c3ccc(Cn4cccn4)cc3)s2)cc1. The van der Waals surface area contributed by atoms with Crippen LogP contribution in [0.5, 0.6) is 0 Å². The number of carbonyl (C=O) groups excluding carboxylic acids is 1. The van der Waals surface area contributed by atoms with Crippen LogP contribution in [0.4, 0.5) is 5.13 Å². The smallest absolute Gasteiger partial charge is 0.257 e. The summed E-state index contributed by atoms with van der Waals surface area (Å²) in [4.78, 5) is 12.5. The van der Waals surface area contributed by atoms with E-state index in [1.807, 2.05) is 41.2 Å². The van der Waals surface area contributed by atoms with Crippen molar-refractivity contribution >= 4 is 22.4 Å². The lowest BCUT2D eigenvalue weighted by molar-refractivity contribution is 0.102. The first-order valence-corrected chi connectivity index (χ1v) is 10.2. The molecule has 1 N–H and O–H groups in total. The minimum atomic E-state index is -0.200. The molecular weight excluding hydrogens is 382 g/mol. The summed E-state index contributed by atoms with van der Waals surface area (Å²) in [6, 6.07) is 17.6. The summed E-state index contributed by atoms with van der Waals surface area (Å²) >= 11 is 1.36. The summed E-state index contributed by atoms with van der Waals surface area (Å²) in [6.45, 7) is 5.00. The highest BCUT2D eigenvalue weighted by Gasteiger charge is 2.12. The van der Waals surface area contributed by atoms with E-state index in [0.717, 1.165) is 16.1 Å². The highest BCUT2D eigenvalue weighted by Crippen LogP contribution is 2.28. The second-order valence-corrected chi connectivity index (χ2v) is 8.02. The van der Waals surface area contributed by atoms with E-state index in [1.54, 1.807) is 18.3 Å². The summed E-state index contributed by atoms with van der Waals surface area (Å²) in [7, 11) is 0. The average molecular weight is 404 g/mol. The van der Waals surface area contributed by atoms with Crippen LogP contribution in [-0.2, 0) is 6.54 Å². The monoisotopic (exact) mass is 403 g/mol. The largest absolute Gasteiger partial charge is 0.296 e. The summed E-state index contributed by atoms with van der Waals surface area (Å²) < 4.78 is 1.84. The van der Waals surface area contributed by atoms with Crippen LogP contribution in [0.15, 0.2) is 67.0 Å². The molecule has 0 radical (unpaired) electrons. The van der Waals surface area contributed by atoms with Crippen LogP contribution < -0.4 is 5.32 Å². The van der Waals surface area contributed by atoms with Crippen molar-refractivity contribution in [2.24, 2.45) is 0 Å². The molecule has 2 heterocycles. The molecule has 0 saturated carbocycles. The second-order valence-electron chi connectivity index (χ2n) is 7.04. The third-order valence-electron chi connectivity index (χ3n) is 4.59. The van der Waals surface area contributed by atoms with E-state index in [4.69, 9.17) is 0 Å². The molecule has 0 aliphatic heterocycles. The van der Waals surface area contributed by atoms with Crippen molar-refractivity contribution in [2.45, 2.75) is 26.3 Å². The first-order valence-electron chi connectivity index (χ1n) is 9.40. The van der Waals surface area contributed by atoms with Crippen molar-refractivity contribution < 1.29 is 4.79 Å². The second kappa shape index (κ2) is 8.36. The number of carbonyl (C=O) groups is 1. The highest BCUT2D eigenvalue weighted by molar-refractivity contribution is 7.18. The predicted molar refractivity (Wildman–Crippen MR) is 115 cm³/mol. The Morgan fingerprint density at radius 3 is 2.48 bits per heavy atom. The molecule has 146 valence electrons. The van der Waals surface area contributed by atoms with Gasteiger partial charge in [0.1, 0.15) is 5.01 Å². The van der Waals surface area contributed by atoms with Crippen LogP contribution in [0.3, 0.4) is 0 Å². The van der Waals surface area contributed by atoms with Gasteiger partial charge in [-0.1, -0.05) is 61.6 Å². The Morgan fingerprint density at radius 2 is 1.83 bits per heavy atom. The van der Waals surface area contributed by atoms with Crippen molar-refractivity contribution in [1.82, 2.24) is 20.0 Å². The normalized spacial score (nSPS) is 11.0. The van der Waals surface area contributed by atoms with Crippen LogP contribution in [0.1, 0.15) is 41.3 Å². The Hall–Kier alpha value is -3.32. The van der Waals surface area contributed by atoms with Gasteiger partial charge in [-0.25, -0.2) is 0 Å². The minimum absolute atomic E-state index is 0.200. The van der Waals surface area contributed by atoms with Gasteiger partial charge in [-0.3, -0.25) is 14.8 Å². The third-order valence-corrected chi connectivity index (χ3v) is 5.48. The number of nitrogens with one attached hydrogen (secondary N) is 1. The van der Waals surface area contributed by atoms with Crippen molar-refractivity contribution in [2.75, 3.05) is 5.32 Å². The van der Waals surface area contributed by atoms with E-state index in [-0.39, 0.29) is 5.91 Å². The van der Waals surface area contributed by atoms with Gasteiger partial charge in [-0.2, -0.15) is 5.10 Å². The molecule has 0 aliphatic rings. The number of rotatable bonds is 6. The maximum absolute atomic E-state index is 12.5. The van der Waals surface area contributed by atoms with Gasteiger partial charge in [-0.15, -0.1) is 10.2 Å². The van der Waals surface area contributed by atoms with Crippen LogP contribution in [0, 0.1) is 0 Å². The van der Waals surface area contributed by atoms with Gasteiger partial charge in [0.2, 0.25) is 5.13 Å². The van der Waals surface area contributed by atoms with E-state index in [0.29, 0.717) is 23.2 Å². The number of anilines is 1. The fourth-order valence-electron chi connectivity index (χ4n) is 2.91. The number of nitrogens with zero attached hydrogens (tertiary/aromatic N) is 4. The molecular formula is C22H21N5OS. The Balaban J connectivity index is 1.41. The van der Waals surface area contributed by atoms with E-state index in [9.17, 15) is 4.79 Å². The molecule has 4 rings (SSSR count). The van der Waals surface area contributed by atoms with Gasteiger partial charge in [0.15, 0.2) is 0 Å². The molecule has 0 saturated heterocycles. The molecule has 0 bridgehead atoms. The lowest BCUT2D eigenvalue weighted by atomic mass is 10.0. The fourth-order valence-corrected chi connectivity index (χ4v) is 3.66. The third kappa shape index (κ3) is 4.57. The Labute approximate surface area is 173 Å². The van der Waals surface area contributed by atoms with Crippen molar-refractivity contribution in [1.29, 1.82) is 0 Å². The van der Waals surface area contributed by atoms with Gasteiger partial charge in [0.05, 0.1) is 6.54 Å². The van der Waals surface area contributed by atoms with Gasteiger partial charge >= 0.3 is 0 Å². The van der Waals surface area contributed by atoms with Gasteiger partial charge in [0.25, 0.3) is 5.91 Å². The maximum Gasteiger partial charge on any atom is 0.257 e. The van der Waals surface area contributed by atoms with Gasteiger partial charge < -0.3 is 0 Å². The molecule has 2 aromatic carbocycles. The van der Waals surface area contributed by atoms with Crippen LogP contribution in [0.25, 0.3) is 10.6 Å².